The molecule has 3 nitrogen and oxygen atoms in total. The first-order valence-corrected chi connectivity index (χ1v) is 6.20. The summed E-state index contributed by atoms with van der Waals surface area (Å²) in [6.07, 6.45) is 2.19. The fourth-order valence-electron chi connectivity index (χ4n) is 2.43. The number of benzene rings is 1. The monoisotopic (exact) mass is 269 g/mol. The summed E-state index contributed by atoms with van der Waals surface area (Å²) < 4.78 is 0. The van der Waals surface area contributed by atoms with E-state index in [1.54, 1.807) is 0 Å². The SMILES string of the molecule is CC1CCN(C(C(=O)O)c2ccccc2)CC1.Cl. The summed E-state index contributed by atoms with van der Waals surface area (Å²) in [6.45, 7) is 4.00. The lowest BCUT2D eigenvalue weighted by Crippen LogP contribution is -2.39. The highest BCUT2D eigenvalue weighted by molar-refractivity contribution is 5.85. The number of rotatable bonds is 3. The number of nitrogens with zero attached hydrogens (tertiary/aromatic N) is 1. The first kappa shape index (κ1) is 15.0. The Labute approximate surface area is 114 Å². The zero-order chi connectivity index (χ0) is 12.3. The third-order valence-electron chi connectivity index (χ3n) is 3.53. The van der Waals surface area contributed by atoms with E-state index in [1.807, 2.05) is 30.3 Å². The van der Waals surface area contributed by atoms with Crippen molar-refractivity contribution in [2.45, 2.75) is 25.8 Å². The van der Waals surface area contributed by atoms with Gasteiger partial charge in [-0.15, -0.1) is 12.4 Å². The smallest absolute Gasteiger partial charge is 0.325 e. The van der Waals surface area contributed by atoms with E-state index in [0.29, 0.717) is 0 Å². The molecule has 1 unspecified atom stereocenters. The van der Waals surface area contributed by atoms with Gasteiger partial charge in [0, 0.05) is 0 Å². The molecule has 1 aliphatic rings. The largest absolute Gasteiger partial charge is 0.480 e. The highest BCUT2D eigenvalue weighted by Crippen LogP contribution is 2.26. The molecule has 0 amide bonds. The summed E-state index contributed by atoms with van der Waals surface area (Å²) in [4.78, 5) is 13.5. The van der Waals surface area contributed by atoms with Gasteiger partial charge < -0.3 is 5.11 Å². The van der Waals surface area contributed by atoms with Crippen molar-refractivity contribution in [3.05, 3.63) is 35.9 Å². The molecule has 1 aliphatic heterocycles. The Morgan fingerprint density at radius 3 is 2.33 bits per heavy atom. The first-order valence-electron chi connectivity index (χ1n) is 6.20. The minimum Gasteiger partial charge on any atom is -0.480 e. The lowest BCUT2D eigenvalue weighted by molar-refractivity contribution is -0.144. The molecule has 1 fully saturated rings. The number of carboxylic acid groups (broad SMARTS) is 1. The molecule has 2 rings (SSSR count). The Hall–Kier alpha value is -1.06. The molecule has 1 aromatic rings. The van der Waals surface area contributed by atoms with Gasteiger partial charge in [-0.2, -0.15) is 0 Å². The molecular weight excluding hydrogens is 250 g/mol. The molecule has 1 saturated heterocycles. The van der Waals surface area contributed by atoms with Gasteiger partial charge in [0.05, 0.1) is 0 Å². The molecule has 1 atom stereocenters. The number of halogens is 1. The molecule has 0 saturated carbocycles. The highest BCUT2D eigenvalue weighted by Gasteiger charge is 2.29. The van der Waals surface area contributed by atoms with Gasteiger partial charge in [0.15, 0.2) is 0 Å². The minimum atomic E-state index is -0.745. The fraction of sp³-hybridized carbons (Fsp3) is 0.500. The van der Waals surface area contributed by atoms with Crippen LogP contribution in [0.25, 0.3) is 0 Å². The number of hydrogen-bond donors (Lipinski definition) is 1. The molecule has 100 valence electrons. The molecule has 18 heavy (non-hydrogen) atoms. The van der Waals surface area contributed by atoms with Crippen LogP contribution < -0.4 is 0 Å². The number of hydrogen-bond acceptors (Lipinski definition) is 2. The molecule has 4 heteroatoms. The standard InChI is InChI=1S/C14H19NO2.ClH/c1-11-7-9-15(10-8-11)13(14(16)17)12-5-3-2-4-6-12;/h2-6,11,13H,7-10H2,1H3,(H,16,17);1H. The molecule has 1 aromatic carbocycles. The average Bonchev–Trinajstić information content (AvgIpc) is 2.33. The summed E-state index contributed by atoms with van der Waals surface area (Å²) >= 11 is 0. The van der Waals surface area contributed by atoms with Crippen molar-refractivity contribution in [2.75, 3.05) is 13.1 Å². The van der Waals surface area contributed by atoms with Crippen molar-refractivity contribution >= 4 is 18.4 Å². The van der Waals surface area contributed by atoms with Crippen LogP contribution in [-0.4, -0.2) is 29.1 Å². The molecule has 0 radical (unpaired) electrons. The third kappa shape index (κ3) is 3.47. The van der Waals surface area contributed by atoms with Crippen LogP contribution in [0.1, 0.15) is 31.4 Å². The second-order valence-electron chi connectivity index (χ2n) is 4.87. The predicted octanol–water partition coefficient (Wildman–Crippen LogP) is 2.97. The zero-order valence-electron chi connectivity index (χ0n) is 10.6. The summed E-state index contributed by atoms with van der Waals surface area (Å²) in [7, 11) is 0. The van der Waals surface area contributed by atoms with E-state index in [4.69, 9.17) is 0 Å². The molecular formula is C14H20ClNO2. The Kier molecular flexibility index (Phi) is 5.63. The van der Waals surface area contributed by atoms with Crippen molar-refractivity contribution in [1.82, 2.24) is 4.90 Å². The van der Waals surface area contributed by atoms with Gasteiger partial charge in [-0.3, -0.25) is 9.69 Å². The topological polar surface area (TPSA) is 40.5 Å². The van der Waals surface area contributed by atoms with E-state index in [-0.39, 0.29) is 12.4 Å². The van der Waals surface area contributed by atoms with Gasteiger partial charge in [-0.25, -0.2) is 0 Å². The number of likely N-dealkylation sites (tertiary alicyclic amines) is 1. The van der Waals surface area contributed by atoms with Crippen LogP contribution in [0, 0.1) is 5.92 Å². The van der Waals surface area contributed by atoms with Crippen LogP contribution in [0.4, 0.5) is 0 Å². The Morgan fingerprint density at radius 1 is 1.28 bits per heavy atom. The lowest BCUT2D eigenvalue weighted by atomic mass is 9.96. The second-order valence-corrected chi connectivity index (χ2v) is 4.87. The highest BCUT2D eigenvalue weighted by atomic mass is 35.5. The van der Waals surface area contributed by atoms with Crippen LogP contribution in [0.2, 0.25) is 0 Å². The van der Waals surface area contributed by atoms with E-state index in [1.165, 1.54) is 0 Å². The molecule has 0 spiro atoms. The van der Waals surface area contributed by atoms with Crippen molar-refractivity contribution in [3.63, 3.8) is 0 Å². The summed E-state index contributed by atoms with van der Waals surface area (Å²) in [5.74, 6) is -0.0257. The lowest BCUT2D eigenvalue weighted by Gasteiger charge is -2.34. The Morgan fingerprint density at radius 2 is 1.83 bits per heavy atom. The second kappa shape index (κ2) is 6.76. The maximum Gasteiger partial charge on any atom is 0.325 e. The van der Waals surface area contributed by atoms with Gasteiger partial charge in [-0.05, 0) is 37.4 Å². The van der Waals surface area contributed by atoms with Crippen molar-refractivity contribution in [3.8, 4) is 0 Å². The minimum absolute atomic E-state index is 0. The number of carbonyl (C=O) groups is 1. The molecule has 0 bridgehead atoms. The van der Waals surface area contributed by atoms with Crippen LogP contribution in [0.15, 0.2) is 30.3 Å². The first-order chi connectivity index (χ1) is 8.18. The van der Waals surface area contributed by atoms with Gasteiger partial charge >= 0.3 is 5.97 Å². The third-order valence-corrected chi connectivity index (χ3v) is 3.53. The van der Waals surface area contributed by atoms with Crippen LogP contribution >= 0.6 is 12.4 Å². The number of aliphatic carboxylic acids is 1. The van der Waals surface area contributed by atoms with E-state index >= 15 is 0 Å². The average molecular weight is 270 g/mol. The zero-order valence-corrected chi connectivity index (χ0v) is 11.4. The van der Waals surface area contributed by atoms with E-state index in [0.717, 1.165) is 37.4 Å². The molecule has 1 heterocycles. The van der Waals surface area contributed by atoms with Gasteiger partial charge in [0.1, 0.15) is 6.04 Å². The van der Waals surface area contributed by atoms with Crippen LogP contribution in [0.5, 0.6) is 0 Å². The summed E-state index contributed by atoms with van der Waals surface area (Å²) in [6, 6.07) is 9.04. The quantitative estimate of drug-likeness (QED) is 0.917. The summed E-state index contributed by atoms with van der Waals surface area (Å²) in [5, 5.41) is 9.40. The number of piperidine rings is 1. The number of carboxylic acids is 1. The van der Waals surface area contributed by atoms with Crippen molar-refractivity contribution < 1.29 is 9.90 Å². The van der Waals surface area contributed by atoms with E-state index < -0.39 is 12.0 Å². The Balaban J connectivity index is 0.00000162. The van der Waals surface area contributed by atoms with Crippen molar-refractivity contribution in [2.24, 2.45) is 5.92 Å². The van der Waals surface area contributed by atoms with Gasteiger partial charge in [-0.1, -0.05) is 37.3 Å². The summed E-state index contributed by atoms with van der Waals surface area (Å²) in [5.41, 5.74) is 0.884. The predicted molar refractivity (Wildman–Crippen MR) is 74.0 cm³/mol. The fourth-order valence-corrected chi connectivity index (χ4v) is 2.43. The van der Waals surface area contributed by atoms with E-state index in [2.05, 4.69) is 11.8 Å². The van der Waals surface area contributed by atoms with E-state index in [9.17, 15) is 9.90 Å². The normalized spacial score (nSPS) is 18.9. The Bertz CT molecular complexity index is 375. The van der Waals surface area contributed by atoms with Crippen LogP contribution in [0.3, 0.4) is 0 Å². The van der Waals surface area contributed by atoms with Crippen molar-refractivity contribution in [1.29, 1.82) is 0 Å². The van der Waals surface area contributed by atoms with Gasteiger partial charge in [0.25, 0.3) is 0 Å². The maximum absolute atomic E-state index is 11.4. The maximum atomic E-state index is 11.4. The molecule has 0 aliphatic carbocycles. The van der Waals surface area contributed by atoms with Crippen LogP contribution in [-0.2, 0) is 4.79 Å². The molecule has 0 aromatic heterocycles. The van der Waals surface area contributed by atoms with Gasteiger partial charge in [0.2, 0.25) is 0 Å². The molecule has 1 N–H and O–H groups in total.